The maximum atomic E-state index is 12.4. The van der Waals surface area contributed by atoms with Crippen molar-refractivity contribution in [3.05, 3.63) is 58.6 Å². The molecule has 0 unspecified atom stereocenters. The molecule has 4 aromatic rings. The van der Waals surface area contributed by atoms with Gasteiger partial charge in [0.15, 0.2) is 5.82 Å². The van der Waals surface area contributed by atoms with Gasteiger partial charge in [-0.25, -0.2) is 0 Å². The lowest BCUT2D eigenvalue weighted by atomic mass is 10.2. The second-order valence-corrected chi connectivity index (χ2v) is 7.42. The van der Waals surface area contributed by atoms with Crippen molar-refractivity contribution < 1.29 is 9.53 Å². The normalized spacial score (nSPS) is 10.9. The molecule has 0 aliphatic rings. The number of ether oxygens (including phenoxy) is 1. The average molecular weight is 444 g/mol. The first-order valence-corrected chi connectivity index (χ1v) is 9.77. The van der Waals surface area contributed by atoms with Gasteiger partial charge in [-0.05, 0) is 55.5 Å². The summed E-state index contributed by atoms with van der Waals surface area (Å²) in [6.45, 7) is 2.55. The standard InChI is InChI=1S/C18H14BrN5O2S/c1-2-26-14-9-5-11(6-10-14)15-21-22-18-24(15)23-17(27-18)20-16(25)12-3-7-13(19)8-4-12/h3-10H,2H2,1H3,(H,20,23,25). The monoisotopic (exact) mass is 443 g/mol. The number of carbonyl (C=O) groups is 1. The highest BCUT2D eigenvalue weighted by Crippen LogP contribution is 2.26. The Bertz CT molecular complexity index is 1090. The van der Waals surface area contributed by atoms with Gasteiger partial charge < -0.3 is 4.74 Å². The molecule has 4 rings (SSSR count). The molecule has 0 spiro atoms. The number of rotatable bonds is 5. The third kappa shape index (κ3) is 3.69. The smallest absolute Gasteiger partial charge is 0.257 e. The number of nitrogens with one attached hydrogen (secondary N) is 1. The van der Waals surface area contributed by atoms with Gasteiger partial charge in [-0.3, -0.25) is 10.1 Å². The van der Waals surface area contributed by atoms with E-state index in [0.717, 1.165) is 15.8 Å². The van der Waals surface area contributed by atoms with Crippen LogP contribution >= 0.6 is 27.3 Å². The number of aromatic nitrogens is 4. The molecule has 1 amide bonds. The van der Waals surface area contributed by atoms with E-state index in [1.165, 1.54) is 11.3 Å². The number of benzene rings is 2. The highest BCUT2D eigenvalue weighted by molar-refractivity contribution is 9.10. The SMILES string of the molecule is CCOc1ccc(-c2nnc3sc(NC(=O)c4ccc(Br)cc4)nn23)cc1. The second kappa shape index (κ2) is 7.45. The Morgan fingerprint density at radius 2 is 1.89 bits per heavy atom. The third-order valence-corrected chi connectivity index (χ3v) is 5.08. The molecule has 2 heterocycles. The molecule has 0 saturated heterocycles. The molecule has 0 radical (unpaired) electrons. The van der Waals surface area contributed by atoms with E-state index in [1.807, 2.05) is 43.3 Å². The van der Waals surface area contributed by atoms with E-state index < -0.39 is 0 Å². The first kappa shape index (κ1) is 17.6. The second-order valence-electron chi connectivity index (χ2n) is 5.54. The molecule has 0 saturated carbocycles. The Balaban J connectivity index is 1.58. The summed E-state index contributed by atoms with van der Waals surface area (Å²) in [7, 11) is 0. The van der Waals surface area contributed by atoms with E-state index in [2.05, 4.69) is 36.5 Å². The summed E-state index contributed by atoms with van der Waals surface area (Å²) >= 11 is 4.62. The summed E-state index contributed by atoms with van der Waals surface area (Å²) < 4.78 is 7.99. The van der Waals surface area contributed by atoms with Crippen LogP contribution in [0.1, 0.15) is 17.3 Å². The third-order valence-electron chi connectivity index (χ3n) is 3.74. The molecular formula is C18H14BrN5O2S. The summed E-state index contributed by atoms with van der Waals surface area (Å²) in [6.07, 6.45) is 0. The van der Waals surface area contributed by atoms with Crippen LogP contribution in [0.25, 0.3) is 16.3 Å². The van der Waals surface area contributed by atoms with Crippen LogP contribution in [0.2, 0.25) is 0 Å². The number of amides is 1. The Hall–Kier alpha value is -2.78. The molecule has 136 valence electrons. The van der Waals surface area contributed by atoms with Gasteiger partial charge in [0.2, 0.25) is 10.1 Å². The lowest BCUT2D eigenvalue weighted by molar-refractivity contribution is 0.102. The average Bonchev–Trinajstić information content (AvgIpc) is 3.23. The molecule has 0 bridgehead atoms. The van der Waals surface area contributed by atoms with Gasteiger partial charge in [0.05, 0.1) is 6.61 Å². The summed E-state index contributed by atoms with van der Waals surface area (Å²) in [6, 6.07) is 14.7. The highest BCUT2D eigenvalue weighted by atomic mass is 79.9. The summed E-state index contributed by atoms with van der Waals surface area (Å²) in [5.41, 5.74) is 1.41. The fraction of sp³-hybridized carbons (Fsp3) is 0.111. The van der Waals surface area contributed by atoms with E-state index >= 15 is 0 Å². The van der Waals surface area contributed by atoms with Crippen LogP contribution in [-0.2, 0) is 0 Å². The van der Waals surface area contributed by atoms with Crippen molar-refractivity contribution in [2.75, 3.05) is 11.9 Å². The molecule has 9 heteroatoms. The van der Waals surface area contributed by atoms with E-state index in [0.29, 0.717) is 28.1 Å². The number of hydrogen-bond donors (Lipinski definition) is 1. The van der Waals surface area contributed by atoms with E-state index in [-0.39, 0.29) is 5.91 Å². The Morgan fingerprint density at radius 1 is 1.15 bits per heavy atom. The summed E-state index contributed by atoms with van der Waals surface area (Å²) in [5, 5.41) is 16.0. The zero-order valence-electron chi connectivity index (χ0n) is 14.2. The van der Waals surface area contributed by atoms with Gasteiger partial charge in [-0.1, -0.05) is 27.3 Å². The number of fused-ring (bicyclic) bond motifs is 1. The molecule has 7 nitrogen and oxygen atoms in total. The molecular weight excluding hydrogens is 430 g/mol. The van der Waals surface area contributed by atoms with Crippen LogP contribution in [0.3, 0.4) is 0 Å². The van der Waals surface area contributed by atoms with Crippen molar-refractivity contribution >= 4 is 43.3 Å². The maximum Gasteiger partial charge on any atom is 0.257 e. The van der Waals surface area contributed by atoms with Crippen molar-refractivity contribution in [1.82, 2.24) is 19.8 Å². The Morgan fingerprint density at radius 3 is 2.59 bits per heavy atom. The van der Waals surface area contributed by atoms with E-state index in [9.17, 15) is 4.79 Å². The van der Waals surface area contributed by atoms with Gasteiger partial charge in [-0.15, -0.1) is 15.3 Å². The molecule has 2 aromatic heterocycles. The number of nitrogens with zero attached hydrogens (tertiary/aromatic N) is 4. The zero-order valence-corrected chi connectivity index (χ0v) is 16.6. The number of anilines is 1. The Labute approximate surface area is 167 Å². The predicted octanol–water partition coefficient (Wildman–Crippen LogP) is 4.27. The van der Waals surface area contributed by atoms with Gasteiger partial charge in [-0.2, -0.15) is 4.52 Å². The van der Waals surface area contributed by atoms with Crippen LogP contribution in [0, 0.1) is 0 Å². The van der Waals surface area contributed by atoms with Crippen molar-refractivity contribution in [2.45, 2.75) is 6.92 Å². The largest absolute Gasteiger partial charge is 0.494 e. The van der Waals surface area contributed by atoms with Crippen molar-refractivity contribution in [3.63, 3.8) is 0 Å². The fourth-order valence-corrected chi connectivity index (χ4v) is 3.48. The van der Waals surface area contributed by atoms with Crippen molar-refractivity contribution in [1.29, 1.82) is 0 Å². The first-order valence-electron chi connectivity index (χ1n) is 8.16. The molecule has 0 atom stereocenters. The minimum absolute atomic E-state index is 0.227. The van der Waals surface area contributed by atoms with Crippen LogP contribution in [0.4, 0.5) is 5.13 Å². The molecule has 0 aliphatic carbocycles. The summed E-state index contributed by atoms with van der Waals surface area (Å²) in [5.74, 6) is 1.17. The molecule has 1 N–H and O–H groups in total. The highest BCUT2D eigenvalue weighted by Gasteiger charge is 2.15. The van der Waals surface area contributed by atoms with Gasteiger partial charge in [0.1, 0.15) is 5.75 Å². The minimum Gasteiger partial charge on any atom is -0.494 e. The minimum atomic E-state index is -0.227. The van der Waals surface area contributed by atoms with Gasteiger partial charge in [0, 0.05) is 15.6 Å². The first-order chi connectivity index (χ1) is 13.1. The number of carbonyl (C=O) groups excluding carboxylic acids is 1. The predicted molar refractivity (Wildman–Crippen MR) is 107 cm³/mol. The molecule has 2 aromatic carbocycles. The van der Waals surface area contributed by atoms with E-state index in [1.54, 1.807) is 16.6 Å². The maximum absolute atomic E-state index is 12.4. The van der Waals surface area contributed by atoms with Gasteiger partial charge >= 0.3 is 0 Å². The number of hydrogen-bond acceptors (Lipinski definition) is 6. The molecule has 0 fully saturated rings. The lowest BCUT2D eigenvalue weighted by Crippen LogP contribution is -2.11. The fourth-order valence-electron chi connectivity index (χ4n) is 2.48. The molecule has 0 aliphatic heterocycles. The molecule has 27 heavy (non-hydrogen) atoms. The van der Waals surface area contributed by atoms with Crippen LogP contribution in [-0.4, -0.2) is 32.3 Å². The zero-order chi connectivity index (χ0) is 18.8. The lowest BCUT2D eigenvalue weighted by Gasteiger charge is -2.03. The van der Waals surface area contributed by atoms with E-state index in [4.69, 9.17) is 4.74 Å². The quantitative estimate of drug-likeness (QED) is 0.498. The summed E-state index contributed by atoms with van der Waals surface area (Å²) in [4.78, 5) is 13.0. The number of halogens is 1. The topological polar surface area (TPSA) is 81.4 Å². The van der Waals surface area contributed by atoms with Crippen LogP contribution in [0.15, 0.2) is 53.0 Å². The van der Waals surface area contributed by atoms with Crippen LogP contribution in [0.5, 0.6) is 5.75 Å². The Kier molecular flexibility index (Phi) is 4.87. The van der Waals surface area contributed by atoms with Crippen molar-refractivity contribution in [2.24, 2.45) is 0 Å². The van der Waals surface area contributed by atoms with Crippen molar-refractivity contribution in [3.8, 4) is 17.1 Å². The van der Waals surface area contributed by atoms with Crippen LogP contribution < -0.4 is 10.1 Å². The van der Waals surface area contributed by atoms with Gasteiger partial charge in [0.25, 0.3) is 5.91 Å².